The number of hydrogen-bond acceptors (Lipinski definition) is 9. The molecule has 13 nitrogen and oxygen atoms in total. The number of amides is 4. The average Bonchev–Trinajstić information content (AvgIpc) is 3.37. The minimum absolute atomic E-state index is 0.126. The van der Waals surface area contributed by atoms with Crippen molar-refractivity contribution in [2.75, 3.05) is 26.2 Å². The normalized spacial score (nSPS) is 22.6. The summed E-state index contributed by atoms with van der Waals surface area (Å²) in [6, 6.07) is -1.16. The van der Waals surface area contributed by atoms with Gasteiger partial charge in [-0.15, -0.1) is 10.2 Å². The molecule has 4 heterocycles. The van der Waals surface area contributed by atoms with E-state index in [-0.39, 0.29) is 24.2 Å². The Hall–Kier alpha value is -3.09. The van der Waals surface area contributed by atoms with Crippen LogP contribution in [0.1, 0.15) is 85.0 Å². The molecule has 0 unspecified atom stereocenters. The van der Waals surface area contributed by atoms with Crippen molar-refractivity contribution in [3.63, 3.8) is 0 Å². The quantitative estimate of drug-likeness (QED) is 0.559. The zero-order chi connectivity index (χ0) is 27.8. The third-order valence-electron chi connectivity index (χ3n) is 6.86. The molecule has 0 saturated carbocycles. The summed E-state index contributed by atoms with van der Waals surface area (Å²) in [5.74, 6) is 0.686. The van der Waals surface area contributed by atoms with Crippen LogP contribution in [0, 0.1) is 0 Å². The molecule has 212 valence electrons. The highest BCUT2D eigenvalue weighted by molar-refractivity contribution is 5.76. The molecule has 0 aromatic carbocycles. The van der Waals surface area contributed by atoms with E-state index in [0.717, 1.165) is 5.06 Å². The summed E-state index contributed by atoms with van der Waals surface area (Å²) in [7, 11) is 0. The first-order valence-electron chi connectivity index (χ1n) is 13.3. The fraction of sp³-hybridized carbons (Fsp3) is 0.800. The standard InChI is InChI=1S/C25H40N6O7/c1-24(2,3)37-22(33)28-12-9-16(10-13-28)29(23(34)38-25(4,5)6)14-11-19-26-27-20(36-19)18-8-7-17-15-30(18)21(32)31(17)35/h16-18,35H,7-15H2,1-6H3/t17-,18-/m0/s1. The number of rotatable bonds is 5. The van der Waals surface area contributed by atoms with Crippen molar-refractivity contribution < 1.29 is 33.5 Å². The van der Waals surface area contributed by atoms with E-state index in [1.807, 2.05) is 41.5 Å². The summed E-state index contributed by atoms with van der Waals surface area (Å²) in [5, 5.41) is 19.0. The van der Waals surface area contributed by atoms with Crippen molar-refractivity contribution in [2.45, 2.75) is 103 Å². The van der Waals surface area contributed by atoms with Crippen molar-refractivity contribution in [3.05, 3.63) is 11.8 Å². The first kappa shape index (κ1) is 27.9. The van der Waals surface area contributed by atoms with E-state index in [9.17, 15) is 19.6 Å². The smallest absolute Gasteiger partial charge is 0.410 e. The van der Waals surface area contributed by atoms with Crippen molar-refractivity contribution >= 4 is 18.2 Å². The van der Waals surface area contributed by atoms with Crippen molar-refractivity contribution in [1.82, 2.24) is 30.0 Å². The van der Waals surface area contributed by atoms with Gasteiger partial charge in [-0.25, -0.2) is 19.4 Å². The van der Waals surface area contributed by atoms with Gasteiger partial charge in [0.2, 0.25) is 11.8 Å². The third-order valence-corrected chi connectivity index (χ3v) is 6.86. The molecule has 0 aliphatic carbocycles. The van der Waals surface area contributed by atoms with Gasteiger partial charge in [0.1, 0.15) is 17.2 Å². The van der Waals surface area contributed by atoms with Gasteiger partial charge in [-0.1, -0.05) is 0 Å². The molecule has 1 N–H and O–H groups in total. The van der Waals surface area contributed by atoms with E-state index in [4.69, 9.17) is 13.9 Å². The Morgan fingerprint density at radius 1 is 1.03 bits per heavy atom. The molecule has 1 aromatic rings. The first-order valence-corrected chi connectivity index (χ1v) is 13.3. The highest BCUT2D eigenvalue weighted by atomic mass is 16.6. The summed E-state index contributed by atoms with van der Waals surface area (Å²) < 4.78 is 17.1. The SMILES string of the molecule is CC(C)(C)OC(=O)N1CCC(N(CCc2nnc([C@@H]3CC[C@H]4CN3C(=O)N4O)o2)C(=O)OC(C)(C)C)CC1. The van der Waals surface area contributed by atoms with Gasteiger partial charge < -0.3 is 28.6 Å². The highest BCUT2D eigenvalue weighted by Gasteiger charge is 2.46. The number of nitrogens with zero attached hydrogens (tertiary/aromatic N) is 6. The molecule has 1 aromatic heterocycles. The Morgan fingerprint density at radius 2 is 1.68 bits per heavy atom. The predicted octanol–water partition coefficient (Wildman–Crippen LogP) is 3.58. The second-order valence-electron chi connectivity index (χ2n) is 12.2. The number of urea groups is 1. The van der Waals surface area contributed by atoms with Crippen LogP contribution in [0.2, 0.25) is 0 Å². The molecule has 3 fully saturated rings. The number of fused-ring (bicyclic) bond motifs is 2. The molecule has 0 radical (unpaired) electrons. The van der Waals surface area contributed by atoms with E-state index < -0.39 is 23.3 Å². The fourth-order valence-electron chi connectivity index (χ4n) is 5.06. The van der Waals surface area contributed by atoms with Gasteiger partial charge in [0.15, 0.2) is 0 Å². The number of hydrogen-bond donors (Lipinski definition) is 1. The van der Waals surface area contributed by atoms with E-state index >= 15 is 0 Å². The Balaban J connectivity index is 1.39. The van der Waals surface area contributed by atoms with Crippen molar-refractivity contribution in [2.24, 2.45) is 0 Å². The number of piperidine rings is 2. The maximum absolute atomic E-state index is 13.1. The van der Waals surface area contributed by atoms with Gasteiger partial charge in [-0.2, -0.15) is 0 Å². The third kappa shape index (κ3) is 6.48. The summed E-state index contributed by atoms with van der Waals surface area (Å²) in [5.41, 5.74) is -1.23. The van der Waals surface area contributed by atoms with Gasteiger partial charge in [0.05, 0.1) is 6.04 Å². The number of ether oxygens (including phenoxy) is 2. The van der Waals surface area contributed by atoms with E-state index in [1.54, 1.807) is 14.7 Å². The maximum atomic E-state index is 13.1. The van der Waals surface area contributed by atoms with Crippen LogP contribution in [0.15, 0.2) is 4.42 Å². The monoisotopic (exact) mass is 536 g/mol. The first-order chi connectivity index (χ1) is 17.7. The highest BCUT2D eigenvalue weighted by Crippen LogP contribution is 2.37. The second-order valence-corrected chi connectivity index (χ2v) is 12.2. The minimum atomic E-state index is -0.661. The Labute approximate surface area is 223 Å². The van der Waals surface area contributed by atoms with Crippen LogP contribution in [0.5, 0.6) is 0 Å². The molecule has 0 spiro atoms. The number of likely N-dealkylation sites (tertiary alicyclic amines) is 1. The molecule has 13 heteroatoms. The summed E-state index contributed by atoms with van der Waals surface area (Å²) in [6.07, 6.45) is 1.97. The maximum Gasteiger partial charge on any atom is 0.410 e. The van der Waals surface area contributed by atoms with Crippen LogP contribution in [-0.4, -0.2) is 103 Å². The molecule has 38 heavy (non-hydrogen) atoms. The number of carbonyl (C=O) groups is 3. The van der Waals surface area contributed by atoms with Crippen molar-refractivity contribution in [1.29, 1.82) is 0 Å². The number of hydroxylamine groups is 2. The lowest BCUT2D eigenvalue weighted by molar-refractivity contribution is -0.0584. The largest absolute Gasteiger partial charge is 0.444 e. The molecule has 2 atom stereocenters. The number of carbonyl (C=O) groups excluding carboxylic acids is 3. The van der Waals surface area contributed by atoms with Gasteiger partial charge in [-0.3, -0.25) is 5.21 Å². The molecular formula is C25H40N6O7. The van der Waals surface area contributed by atoms with E-state index in [1.165, 1.54) is 0 Å². The van der Waals surface area contributed by atoms with Crippen LogP contribution in [0.3, 0.4) is 0 Å². The lowest BCUT2D eigenvalue weighted by Gasteiger charge is -2.39. The van der Waals surface area contributed by atoms with E-state index in [2.05, 4.69) is 10.2 Å². The van der Waals surface area contributed by atoms with Crippen LogP contribution in [0.4, 0.5) is 14.4 Å². The lowest BCUT2D eigenvalue weighted by atomic mass is 10.0. The molecular weight excluding hydrogens is 496 g/mol. The minimum Gasteiger partial charge on any atom is -0.444 e. The Morgan fingerprint density at radius 3 is 2.32 bits per heavy atom. The van der Waals surface area contributed by atoms with Gasteiger partial charge in [0.25, 0.3) is 0 Å². The average molecular weight is 537 g/mol. The second kappa shape index (κ2) is 10.6. The van der Waals surface area contributed by atoms with Crippen LogP contribution >= 0.6 is 0 Å². The topological polar surface area (TPSA) is 142 Å². The molecule has 3 aliphatic rings. The number of aromatic nitrogens is 2. The molecule has 4 rings (SSSR count). The van der Waals surface area contributed by atoms with Crippen LogP contribution < -0.4 is 0 Å². The molecule has 3 aliphatic heterocycles. The molecule has 4 amide bonds. The van der Waals surface area contributed by atoms with Crippen molar-refractivity contribution in [3.8, 4) is 0 Å². The molecule has 2 bridgehead atoms. The molecule has 3 saturated heterocycles. The van der Waals surface area contributed by atoms with E-state index in [0.29, 0.717) is 70.1 Å². The lowest BCUT2D eigenvalue weighted by Crippen LogP contribution is -2.51. The zero-order valence-corrected chi connectivity index (χ0v) is 23.2. The van der Waals surface area contributed by atoms with Crippen LogP contribution in [0.25, 0.3) is 0 Å². The summed E-state index contributed by atoms with van der Waals surface area (Å²) in [6.45, 7) is 12.6. The Kier molecular flexibility index (Phi) is 7.78. The van der Waals surface area contributed by atoms with Gasteiger partial charge in [-0.05, 0) is 67.2 Å². The van der Waals surface area contributed by atoms with Gasteiger partial charge in [0, 0.05) is 38.6 Å². The predicted molar refractivity (Wildman–Crippen MR) is 133 cm³/mol. The van der Waals surface area contributed by atoms with Gasteiger partial charge >= 0.3 is 18.2 Å². The Bertz CT molecular complexity index is 1020. The zero-order valence-electron chi connectivity index (χ0n) is 23.2. The fourth-order valence-corrected chi connectivity index (χ4v) is 5.06. The van der Waals surface area contributed by atoms with Crippen LogP contribution in [-0.2, 0) is 15.9 Å². The summed E-state index contributed by atoms with van der Waals surface area (Å²) >= 11 is 0. The summed E-state index contributed by atoms with van der Waals surface area (Å²) in [4.78, 5) is 42.8.